The fourth-order valence-corrected chi connectivity index (χ4v) is 5.48. The van der Waals surface area contributed by atoms with Crippen LogP contribution in [0, 0.1) is 0 Å². The van der Waals surface area contributed by atoms with Crippen LogP contribution in [-0.2, 0) is 10.8 Å². The van der Waals surface area contributed by atoms with Crippen LogP contribution in [0.15, 0.2) is 158 Å². The molecule has 0 N–H and O–H groups in total. The van der Waals surface area contributed by atoms with Crippen molar-refractivity contribution in [3.63, 3.8) is 0 Å². The lowest BCUT2D eigenvalue weighted by atomic mass is 9.78. The van der Waals surface area contributed by atoms with Gasteiger partial charge in [-0.1, -0.05) is 113 Å². The average molecular weight is 591 g/mol. The highest BCUT2D eigenvalue weighted by Gasteiger charge is 2.23. The lowest BCUT2D eigenvalue weighted by Gasteiger charge is -2.26. The van der Waals surface area contributed by atoms with E-state index in [9.17, 15) is 0 Å². The van der Waals surface area contributed by atoms with E-state index in [0.717, 1.165) is 34.5 Å². The number of benzene rings is 6. The van der Waals surface area contributed by atoms with Crippen molar-refractivity contribution in [2.24, 2.45) is 0 Å². The standard InChI is InChI=1S/C42H38O3/c1-41(2,31-11-7-5-8-12-31)33-15-19-35(20-16-33)43-37-23-27-39(28-24-37)45-40-29-25-38(26-30-40)44-36-21-17-34(18-22-36)42(3,4)32-13-9-6-10-14-32/h5-30H,1-4H3. The third-order valence-corrected chi connectivity index (χ3v) is 8.50. The van der Waals surface area contributed by atoms with Gasteiger partial charge in [0.15, 0.2) is 0 Å². The molecule has 0 heterocycles. The molecule has 0 unspecified atom stereocenters. The van der Waals surface area contributed by atoms with Gasteiger partial charge in [0.2, 0.25) is 0 Å². The molecule has 0 aliphatic heterocycles. The Hall–Kier alpha value is -5.28. The zero-order valence-electron chi connectivity index (χ0n) is 26.2. The zero-order chi connectivity index (χ0) is 31.3. The first-order valence-corrected chi connectivity index (χ1v) is 15.3. The maximum absolute atomic E-state index is 6.11. The fourth-order valence-electron chi connectivity index (χ4n) is 5.48. The highest BCUT2D eigenvalue weighted by Crippen LogP contribution is 2.35. The molecule has 0 aliphatic rings. The molecule has 0 radical (unpaired) electrons. The van der Waals surface area contributed by atoms with Gasteiger partial charge < -0.3 is 14.2 Å². The maximum Gasteiger partial charge on any atom is 0.127 e. The largest absolute Gasteiger partial charge is 0.457 e. The second kappa shape index (κ2) is 12.8. The summed E-state index contributed by atoms with van der Waals surface area (Å²) in [6.07, 6.45) is 0. The molecule has 3 heteroatoms. The molecule has 0 spiro atoms. The van der Waals surface area contributed by atoms with Crippen molar-refractivity contribution < 1.29 is 14.2 Å². The van der Waals surface area contributed by atoms with Gasteiger partial charge in [0.05, 0.1) is 0 Å². The van der Waals surface area contributed by atoms with Gasteiger partial charge in [0, 0.05) is 10.8 Å². The lowest BCUT2D eigenvalue weighted by molar-refractivity contribution is 0.464. The first-order chi connectivity index (χ1) is 21.8. The Morgan fingerprint density at radius 1 is 0.267 bits per heavy atom. The van der Waals surface area contributed by atoms with Crippen LogP contribution in [-0.4, -0.2) is 0 Å². The Balaban J connectivity index is 1.03. The first-order valence-electron chi connectivity index (χ1n) is 15.3. The van der Waals surface area contributed by atoms with Gasteiger partial charge >= 0.3 is 0 Å². The van der Waals surface area contributed by atoms with Crippen LogP contribution in [0.3, 0.4) is 0 Å². The molecule has 0 atom stereocenters. The smallest absolute Gasteiger partial charge is 0.127 e. The molecule has 0 aliphatic carbocycles. The molecular weight excluding hydrogens is 552 g/mol. The van der Waals surface area contributed by atoms with Gasteiger partial charge in [0.1, 0.15) is 34.5 Å². The van der Waals surface area contributed by atoms with E-state index >= 15 is 0 Å². The van der Waals surface area contributed by atoms with Crippen molar-refractivity contribution in [2.75, 3.05) is 0 Å². The predicted molar refractivity (Wildman–Crippen MR) is 183 cm³/mol. The topological polar surface area (TPSA) is 27.7 Å². The molecule has 3 nitrogen and oxygen atoms in total. The van der Waals surface area contributed by atoms with Crippen LogP contribution in [0.2, 0.25) is 0 Å². The third-order valence-electron chi connectivity index (χ3n) is 8.50. The van der Waals surface area contributed by atoms with E-state index < -0.39 is 0 Å². The highest BCUT2D eigenvalue weighted by atomic mass is 16.5. The summed E-state index contributed by atoms with van der Waals surface area (Å²) in [5.74, 6) is 4.54. The zero-order valence-corrected chi connectivity index (χ0v) is 26.2. The van der Waals surface area contributed by atoms with Gasteiger partial charge in [0.25, 0.3) is 0 Å². The average Bonchev–Trinajstić information content (AvgIpc) is 3.08. The number of ether oxygens (including phenoxy) is 3. The van der Waals surface area contributed by atoms with E-state index in [1.165, 1.54) is 22.3 Å². The number of hydrogen-bond acceptors (Lipinski definition) is 3. The molecule has 0 bridgehead atoms. The molecule has 0 saturated carbocycles. The normalized spacial score (nSPS) is 11.6. The van der Waals surface area contributed by atoms with Crippen LogP contribution in [0.4, 0.5) is 0 Å². The predicted octanol–water partition coefficient (Wildman–Crippen LogP) is 11.7. The minimum atomic E-state index is -0.0885. The van der Waals surface area contributed by atoms with Crippen LogP contribution in [0.5, 0.6) is 34.5 Å². The van der Waals surface area contributed by atoms with Gasteiger partial charge in [-0.2, -0.15) is 0 Å². The molecule has 45 heavy (non-hydrogen) atoms. The monoisotopic (exact) mass is 590 g/mol. The molecule has 0 saturated heterocycles. The van der Waals surface area contributed by atoms with Crippen LogP contribution < -0.4 is 14.2 Å². The number of hydrogen-bond donors (Lipinski definition) is 0. The van der Waals surface area contributed by atoms with Crippen LogP contribution in [0.25, 0.3) is 0 Å². The van der Waals surface area contributed by atoms with E-state index in [0.29, 0.717) is 0 Å². The Bertz CT molecular complexity index is 1670. The van der Waals surface area contributed by atoms with Crippen molar-refractivity contribution in [1.29, 1.82) is 0 Å². The van der Waals surface area contributed by atoms with Crippen molar-refractivity contribution in [2.45, 2.75) is 38.5 Å². The minimum absolute atomic E-state index is 0.0885. The summed E-state index contributed by atoms with van der Waals surface area (Å²) in [6.45, 7) is 8.96. The van der Waals surface area contributed by atoms with Gasteiger partial charge in [-0.3, -0.25) is 0 Å². The van der Waals surface area contributed by atoms with Crippen LogP contribution >= 0.6 is 0 Å². The van der Waals surface area contributed by atoms with E-state index in [-0.39, 0.29) is 10.8 Å². The molecule has 6 rings (SSSR count). The van der Waals surface area contributed by atoms with Gasteiger partial charge in [-0.15, -0.1) is 0 Å². The SMILES string of the molecule is CC(C)(c1ccccc1)c1ccc(Oc2ccc(Oc3ccc(Oc4ccc(C(C)(C)c5ccccc5)cc4)cc3)cc2)cc1. The van der Waals surface area contributed by atoms with E-state index in [1.807, 2.05) is 84.9 Å². The summed E-state index contributed by atoms with van der Waals surface area (Å²) in [6, 6.07) is 53.0. The van der Waals surface area contributed by atoms with E-state index in [4.69, 9.17) is 14.2 Å². The molecule has 224 valence electrons. The summed E-state index contributed by atoms with van der Waals surface area (Å²) < 4.78 is 18.3. The van der Waals surface area contributed by atoms with Crippen LogP contribution in [0.1, 0.15) is 49.9 Å². The molecule has 0 amide bonds. The maximum atomic E-state index is 6.11. The summed E-state index contributed by atoms with van der Waals surface area (Å²) in [5, 5.41) is 0. The number of rotatable bonds is 10. The summed E-state index contributed by atoms with van der Waals surface area (Å²) in [5.41, 5.74) is 4.86. The third kappa shape index (κ3) is 6.94. The Labute approximate surface area is 266 Å². The second-order valence-corrected chi connectivity index (χ2v) is 12.3. The highest BCUT2D eigenvalue weighted by molar-refractivity contribution is 5.44. The first kappa shape index (κ1) is 29.8. The molecule has 6 aromatic rings. The van der Waals surface area contributed by atoms with Crippen molar-refractivity contribution in [1.82, 2.24) is 0 Å². The molecule has 0 fully saturated rings. The second-order valence-electron chi connectivity index (χ2n) is 12.3. The van der Waals surface area contributed by atoms with Gasteiger partial charge in [-0.25, -0.2) is 0 Å². The van der Waals surface area contributed by atoms with Gasteiger partial charge in [-0.05, 0) is 95.1 Å². The Morgan fingerprint density at radius 2 is 0.467 bits per heavy atom. The summed E-state index contributed by atoms with van der Waals surface area (Å²) in [7, 11) is 0. The molecule has 6 aromatic carbocycles. The minimum Gasteiger partial charge on any atom is -0.457 e. The Kier molecular flexibility index (Phi) is 8.44. The Morgan fingerprint density at radius 3 is 0.711 bits per heavy atom. The van der Waals surface area contributed by atoms with Crippen molar-refractivity contribution in [3.8, 4) is 34.5 Å². The lowest BCUT2D eigenvalue weighted by Crippen LogP contribution is -2.18. The molecular formula is C42H38O3. The summed E-state index contributed by atoms with van der Waals surface area (Å²) in [4.78, 5) is 0. The van der Waals surface area contributed by atoms with Crippen molar-refractivity contribution in [3.05, 3.63) is 180 Å². The van der Waals surface area contributed by atoms with E-state index in [2.05, 4.69) is 100 Å². The fraction of sp³-hybridized carbons (Fsp3) is 0.143. The molecule has 0 aromatic heterocycles. The van der Waals surface area contributed by atoms with E-state index in [1.54, 1.807) is 0 Å². The quantitative estimate of drug-likeness (QED) is 0.159. The van der Waals surface area contributed by atoms with Crippen molar-refractivity contribution >= 4 is 0 Å². The summed E-state index contributed by atoms with van der Waals surface area (Å²) >= 11 is 0.